The third kappa shape index (κ3) is 6.07. The van der Waals surface area contributed by atoms with Crippen molar-refractivity contribution in [2.24, 2.45) is 17.6 Å². The van der Waals surface area contributed by atoms with E-state index in [1.165, 1.54) is 27.6 Å². The van der Waals surface area contributed by atoms with E-state index in [2.05, 4.69) is 66.7 Å². The third-order valence-electron chi connectivity index (χ3n) is 9.92. The van der Waals surface area contributed by atoms with E-state index in [0.717, 1.165) is 57.1 Å². The average Bonchev–Trinajstić information content (AvgIpc) is 3.55. The Morgan fingerprint density at radius 1 is 1.07 bits per heavy atom. The third-order valence-corrected chi connectivity index (χ3v) is 9.92. The standard InChI is InChI=1S/C35H46N4O3/c1-22(18-23-8-13-31-26(19-23)20-35(2,3)42-31)34(41)39-16-14-25(15-17-39)32(33(36)40)38-27-11-9-24(10-12-27)29-21-37-30-7-5-4-6-28(29)30/h4-8,13,19,21-22,24-25,27,32,37-38H,9-12,14-18,20H2,1-3H3,(H2,36,40). The lowest BCUT2D eigenvalue weighted by atomic mass is 9.80. The van der Waals surface area contributed by atoms with Gasteiger partial charge in [-0.3, -0.25) is 9.59 Å². The van der Waals surface area contributed by atoms with Gasteiger partial charge in [0.25, 0.3) is 0 Å². The monoisotopic (exact) mass is 570 g/mol. The number of para-hydroxylation sites is 1. The van der Waals surface area contributed by atoms with Gasteiger partial charge in [0.05, 0.1) is 6.04 Å². The zero-order valence-corrected chi connectivity index (χ0v) is 25.3. The molecule has 0 bridgehead atoms. The Kier molecular flexibility index (Phi) is 8.05. The number of nitrogens with two attached hydrogens (primary N) is 1. The summed E-state index contributed by atoms with van der Waals surface area (Å²) in [6, 6.07) is 14.8. The highest BCUT2D eigenvalue weighted by Crippen LogP contribution is 2.38. The Bertz CT molecular complexity index is 1430. The van der Waals surface area contributed by atoms with Crippen LogP contribution in [0.3, 0.4) is 0 Å². The van der Waals surface area contributed by atoms with Gasteiger partial charge in [-0.25, -0.2) is 0 Å². The molecule has 2 aliphatic heterocycles. The lowest BCUT2D eigenvalue weighted by molar-refractivity contribution is -0.136. The van der Waals surface area contributed by atoms with Crippen LogP contribution in [0.15, 0.2) is 48.7 Å². The van der Waals surface area contributed by atoms with Crippen molar-refractivity contribution in [3.05, 3.63) is 65.4 Å². The lowest BCUT2D eigenvalue weighted by Crippen LogP contribution is -2.54. The number of hydrogen-bond acceptors (Lipinski definition) is 4. The molecule has 1 aromatic heterocycles. The van der Waals surface area contributed by atoms with Gasteiger partial charge in [-0.2, -0.15) is 0 Å². The van der Waals surface area contributed by atoms with Crippen LogP contribution >= 0.6 is 0 Å². The largest absolute Gasteiger partial charge is 0.487 e. The average molecular weight is 571 g/mol. The smallest absolute Gasteiger partial charge is 0.234 e. The van der Waals surface area contributed by atoms with Gasteiger partial charge in [0.15, 0.2) is 0 Å². The van der Waals surface area contributed by atoms with Crippen LogP contribution in [0.1, 0.15) is 81.9 Å². The maximum atomic E-state index is 13.4. The van der Waals surface area contributed by atoms with E-state index >= 15 is 0 Å². The Morgan fingerprint density at radius 3 is 2.55 bits per heavy atom. The van der Waals surface area contributed by atoms with Crippen molar-refractivity contribution in [2.45, 2.75) is 95.7 Å². The van der Waals surface area contributed by atoms with Crippen LogP contribution in [0.4, 0.5) is 0 Å². The number of nitrogens with one attached hydrogen (secondary N) is 2. The van der Waals surface area contributed by atoms with Crippen molar-refractivity contribution < 1.29 is 14.3 Å². The lowest BCUT2D eigenvalue weighted by Gasteiger charge is -2.38. The predicted molar refractivity (Wildman–Crippen MR) is 166 cm³/mol. The van der Waals surface area contributed by atoms with Gasteiger partial charge in [0.2, 0.25) is 11.8 Å². The van der Waals surface area contributed by atoms with Crippen molar-refractivity contribution in [3.63, 3.8) is 0 Å². The molecule has 1 saturated heterocycles. The number of piperidine rings is 1. The van der Waals surface area contributed by atoms with Gasteiger partial charge in [-0.1, -0.05) is 37.3 Å². The first kappa shape index (κ1) is 28.8. The summed E-state index contributed by atoms with van der Waals surface area (Å²) in [5, 5.41) is 4.98. The van der Waals surface area contributed by atoms with E-state index in [9.17, 15) is 9.59 Å². The van der Waals surface area contributed by atoms with Crippen molar-refractivity contribution in [1.29, 1.82) is 0 Å². The summed E-state index contributed by atoms with van der Waals surface area (Å²) >= 11 is 0. The highest BCUT2D eigenvalue weighted by molar-refractivity contribution is 5.83. The number of ether oxygens (including phenoxy) is 1. The van der Waals surface area contributed by atoms with Crippen molar-refractivity contribution in [1.82, 2.24) is 15.2 Å². The summed E-state index contributed by atoms with van der Waals surface area (Å²) in [7, 11) is 0. The summed E-state index contributed by atoms with van der Waals surface area (Å²) in [6.07, 6.45) is 9.67. The fraction of sp³-hybridized carbons (Fsp3) is 0.543. The van der Waals surface area contributed by atoms with Gasteiger partial charge in [0.1, 0.15) is 11.4 Å². The van der Waals surface area contributed by atoms with Gasteiger partial charge in [-0.05, 0) is 99.5 Å². The number of carbonyl (C=O) groups excluding carboxylic acids is 2. The zero-order valence-electron chi connectivity index (χ0n) is 25.3. The molecule has 3 aliphatic rings. The van der Waals surface area contributed by atoms with Crippen LogP contribution in [0.2, 0.25) is 0 Å². The maximum absolute atomic E-state index is 13.4. The number of fused-ring (bicyclic) bond motifs is 2. The molecule has 6 rings (SSSR count). The molecule has 2 aromatic carbocycles. The molecule has 0 radical (unpaired) electrons. The maximum Gasteiger partial charge on any atom is 0.234 e. The molecule has 7 nitrogen and oxygen atoms in total. The summed E-state index contributed by atoms with van der Waals surface area (Å²) in [5.41, 5.74) is 10.8. The first-order chi connectivity index (χ1) is 20.2. The minimum Gasteiger partial charge on any atom is -0.487 e. The van der Waals surface area contributed by atoms with Crippen LogP contribution in [0.5, 0.6) is 5.75 Å². The van der Waals surface area contributed by atoms with Gasteiger partial charge < -0.3 is 25.7 Å². The molecule has 3 heterocycles. The van der Waals surface area contributed by atoms with E-state index in [-0.39, 0.29) is 35.3 Å². The molecule has 7 heteroatoms. The molecule has 2 atom stereocenters. The van der Waals surface area contributed by atoms with Crippen molar-refractivity contribution >= 4 is 22.7 Å². The van der Waals surface area contributed by atoms with Crippen LogP contribution in [-0.2, 0) is 22.4 Å². The van der Waals surface area contributed by atoms with E-state index in [1.54, 1.807) is 0 Å². The zero-order chi connectivity index (χ0) is 29.4. The Labute approximate surface area is 249 Å². The molecule has 1 saturated carbocycles. The van der Waals surface area contributed by atoms with Gasteiger partial charge in [-0.15, -0.1) is 0 Å². The van der Waals surface area contributed by atoms with Gasteiger partial charge in [0, 0.05) is 48.6 Å². The fourth-order valence-electron chi connectivity index (χ4n) is 7.70. The number of aromatic nitrogens is 1. The first-order valence-corrected chi connectivity index (χ1v) is 15.9. The molecule has 3 aromatic rings. The summed E-state index contributed by atoms with van der Waals surface area (Å²) in [4.78, 5) is 31.4. The minimum absolute atomic E-state index is 0.0904. The molecule has 4 N–H and O–H groups in total. The normalized spacial score (nSPS) is 23.7. The van der Waals surface area contributed by atoms with Gasteiger partial charge >= 0.3 is 0 Å². The van der Waals surface area contributed by atoms with E-state index < -0.39 is 0 Å². The Balaban J connectivity index is 0.990. The number of H-pyrrole nitrogens is 1. The molecule has 224 valence electrons. The van der Waals surface area contributed by atoms with Crippen molar-refractivity contribution in [2.75, 3.05) is 13.1 Å². The molecule has 0 spiro atoms. The molecule has 42 heavy (non-hydrogen) atoms. The van der Waals surface area contributed by atoms with E-state index in [1.807, 2.05) is 17.9 Å². The molecule has 2 amide bonds. The summed E-state index contributed by atoms with van der Waals surface area (Å²) in [6.45, 7) is 7.61. The van der Waals surface area contributed by atoms with Crippen LogP contribution in [0, 0.1) is 11.8 Å². The number of primary amides is 1. The Morgan fingerprint density at radius 2 is 1.81 bits per heavy atom. The second-order valence-electron chi connectivity index (χ2n) is 13.6. The minimum atomic E-state index is -0.341. The Hall–Kier alpha value is -3.32. The second kappa shape index (κ2) is 11.8. The predicted octanol–water partition coefficient (Wildman–Crippen LogP) is 5.47. The highest BCUT2D eigenvalue weighted by atomic mass is 16.5. The van der Waals surface area contributed by atoms with E-state index in [0.29, 0.717) is 25.0 Å². The number of amides is 2. The quantitative estimate of drug-likeness (QED) is 0.334. The molecule has 1 aliphatic carbocycles. The first-order valence-electron chi connectivity index (χ1n) is 15.9. The molecule has 2 fully saturated rings. The molecule has 2 unspecified atom stereocenters. The highest BCUT2D eigenvalue weighted by Gasteiger charge is 2.35. The number of aromatic amines is 1. The second-order valence-corrected chi connectivity index (χ2v) is 13.6. The summed E-state index contributed by atoms with van der Waals surface area (Å²) in [5.74, 6) is 1.50. The van der Waals surface area contributed by atoms with Crippen molar-refractivity contribution in [3.8, 4) is 5.75 Å². The molecular weight excluding hydrogens is 524 g/mol. The number of likely N-dealkylation sites (tertiary alicyclic amines) is 1. The van der Waals surface area contributed by atoms with Crippen LogP contribution in [0.25, 0.3) is 10.9 Å². The van der Waals surface area contributed by atoms with Crippen LogP contribution in [-0.4, -0.2) is 52.5 Å². The fourth-order valence-corrected chi connectivity index (χ4v) is 7.70. The summed E-state index contributed by atoms with van der Waals surface area (Å²) < 4.78 is 6.01. The number of hydrogen-bond donors (Lipinski definition) is 3. The number of carbonyl (C=O) groups is 2. The number of benzene rings is 2. The van der Waals surface area contributed by atoms with E-state index in [4.69, 9.17) is 10.5 Å². The number of rotatable bonds is 8. The van der Waals surface area contributed by atoms with Crippen LogP contribution < -0.4 is 15.8 Å². The molecular formula is C35H46N4O3. The SMILES string of the molecule is CC(Cc1ccc2c(c1)CC(C)(C)O2)C(=O)N1CCC(C(NC2CCC(c3c[nH]c4ccccc34)CC2)C(N)=O)CC1. The number of nitrogens with zero attached hydrogens (tertiary/aromatic N) is 1. The topological polar surface area (TPSA) is 100 Å².